The predicted molar refractivity (Wildman–Crippen MR) is 617 cm³/mol. The van der Waals surface area contributed by atoms with Gasteiger partial charge in [-0.05, 0) is 315 Å². The maximum absolute atomic E-state index is 6.26. The number of rotatable bonds is 30. The van der Waals surface area contributed by atoms with Gasteiger partial charge in [0.25, 0.3) is 0 Å². The van der Waals surface area contributed by atoms with Gasteiger partial charge < -0.3 is 71.9 Å². The fourth-order valence-electron chi connectivity index (χ4n) is 19.1. The van der Waals surface area contributed by atoms with Crippen LogP contribution in [0.4, 0.5) is 28.4 Å². The number of methoxy groups -OCH3 is 5. The Morgan fingerprint density at radius 3 is 0.752 bits per heavy atom. The van der Waals surface area contributed by atoms with Gasteiger partial charge in [0, 0.05) is 194 Å². The van der Waals surface area contributed by atoms with E-state index >= 15 is 0 Å². The van der Waals surface area contributed by atoms with Gasteiger partial charge in [-0.3, -0.25) is 0 Å². The predicted octanol–water partition coefficient (Wildman–Crippen LogP) is 24.7. The summed E-state index contributed by atoms with van der Waals surface area (Å²) in [6.45, 7) is 62.0. The molecule has 0 aliphatic carbocycles. The summed E-state index contributed by atoms with van der Waals surface area (Å²) in [6, 6.07) is 59.3. The number of nitrogens with zero attached hydrogens (tertiary/aromatic N) is 5. The molecule has 0 aromatic heterocycles. The minimum atomic E-state index is -0.0213. The quantitative estimate of drug-likeness (QED) is 0.0315. The van der Waals surface area contributed by atoms with Crippen LogP contribution in [-0.2, 0) is 45.3 Å². The lowest BCUT2D eigenvalue weighted by Crippen LogP contribution is -2.32. The Morgan fingerprint density at radius 1 is 0.213 bits per heavy atom. The number of ether oxygens (including phenoxy) is 10. The number of hydrogen-bond donors (Lipinski definition) is 0. The summed E-state index contributed by atoms with van der Waals surface area (Å²) in [5.41, 5.74) is 25.2. The Balaban J connectivity index is 0.000000169. The number of hydrogen-bond acceptors (Lipinski definition) is 15. The highest BCUT2D eigenvalue weighted by Crippen LogP contribution is 2.43. The summed E-state index contributed by atoms with van der Waals surface area (Å²) in [5, 5.41) is 13.4. The highest BCUT2D eigenvalue weighted by Gasteiger charge is 2.31. The molecule has 5 atom stereocenters. The highest BCUT2D eigenvalue weighted by atomic mass is 31.1. The van der Waals surface area contributed by atoms with Crippen LogP contribution < -0.4 is 101 Å². The van der Waals surface area contributed by atoms with E-state index in [0.717, 1.165) is 68.0 Å². The molecule has 15 nitrogen and oxygen atoms in total. The third-order valence-corrected chi connectivity index (χ3v) is 33.4. The van der Waals surface area contributed by atoms with Crippen molar-refractivity contribution in [1.82, 2.24) is 0 Å². The fourth-order valence-corrected chi connectivity index (χ4v) is 26.2. The van der Waals surface area contributed by atoms with Gasteiger partial charge in [0.1, 0.15) is 28.7 Å². The molecule has 0 spiro atoms. The molecule has 0 amide bonds. The van der Waals surface area contributed by atoms with Crippen molar-refractivity contribution >= 4 is 124 Å². The van der Waals surface area contributed by atoms with E-state index in [1.54, 1.807) is 35.5 Å². The van der Waals surface area contributed by atoms with Crippen molar-refractivity contribution in [1.29, 1.82) is 0 Å². The van der Waals surface area contributed by atoms with Crippen LogP contribution in [0.1, 0.15) is 257 Å². The van der Waals surface area contributed by atoms with E-state index in [9.17, 15) is 0 Å². The van der Waals surface area contributed by atoms with Crippen LogP contribution in [0.5, 0.6) is 28.7 Å². The Morgan fingerprint density at radius 2 is 0.447 bits per heavy atom. The third kappa shape index (κ3) is 33.6. The van der Waals surface area contributed by atoms with Crippen LogP contribution in [0.2, 0.25) is 0 Å². The maximum atomic E-state index is 6.26. The van der Waals surface area contributed by atoms with Crippen molar-refractivity contribution in [2.45, 2.75) is 270 Å². The lowest BCUT2D eigenvalue weighted by molar-refractivity contribution is 0.0504. The first-order valence-corrected chi connectivity index (χ1v) is 56.8. The topological polar surface area (TPSA) is 109 Å². The summed E-state index contributed by atoms with van der Waals surface area (Å²) in [7, 11) is 11.2. The van der Waals surface area contributed by atoms with Gasteiger partial charge in [-0.25, -0.2) is 0 Å². The molecule has 0 saturated carbocycles. The summed E-state index contributed by atoms with van der Waals surface area (Å²) in [5.74, 6) is 4.87. The minimum absolute atomic E-state index is 0.0112. The zero-order valence-electron chi connectivity index (χ0n) is 91.0. The van der Waals surface area contributed by atoms with E-state index in [1.165, 1.54) is 282 Å². The van der Waals surface area contributed by atoms with Crippen LogP contribution in [-0.4, -0.2) is 135 Å². The molecule has 5 unspecified atom stereocenters. The molecule has 0 N–H and O–H groups in total. The van der Waals surface area contributed by atoms with E-state index in [-0.39, 0.29) is 55.6 Å². The summed E-state index contributed by atoms with van der Waals surface area (Å²) in [4.78, 5) is 12.9. The molecule has 141 heavy (non-hydrogen) atoms. The molecule has 5 aliphatic heterocycles. The average Bonchev–Trinajstić information content (AvgIpc) is 0.771. The smallest absolute Gasteiger partial charge is 0.188 e. The van der Waals surface area contributed by atoms with Crippen LogP contribution in [0.3, 0.4) is 0 Å². The first-order valence-electron chi connectivity index (χ1n) is 51.8. The van der Waals surface area contributed by atoms with Crippen molar-refractivity contribution < 1.29 is 47.4 Å². The van der Waals surface area contributed by atoms with Crippen LogP contribution in [0, 0.1) is 69.2 Å². The second-order valence-corrected chi connectivity index (χ2v) is 50.1. The molecule has 0 bridgehead atoms. The molecule has 5 fully saturated rings. The molecule has 20 heteroatoms. The van der Waals surface area contributed by atoms with Crippen LogP contribution >= 0.6 is 42.9 Å². The van der Waals surface area contributed by atoms with Gasteiger partial charge in [0.15, 0.2) is 34.0 Å². The normalized spacial score (nSPS) is 15.3. The van der Waals surface area contributed by atoms with Crippen LogP contribution in [0.25, 0.3) is 0 Å². The van der Waals surface area contributed by atoms with E-state index in [1.807, 2.05) is 0 Å². The molecule has 10 aromatic rings. The highest BCUT2D eigenvalue weighted by molar-refractivity contribution is 7.57. The molecule has 766 valence electrons. The molecular formula is C121H172N5O10P5. The van der Waals surface area contributed by atoms with E-state index in [0.29, 0.717) is 42.9 Å². The lowest BCUT2D eigenvalue weighted by Gasteiger charge is -2.32. The average molecular weight is 2010 g/mol. The Labute approximate surface area is 860 Å². The zero-order valence-corrected chi connectivity index (χ0v) is 96.0. The number of benzene rings is 10. The van der Waals surface area contributed by atoms with Crippen molar-refractivity contribution in [2.24, 2.45) is 0 Å². The molecule has 5 heterocycles. The molecular weight excluding hydrogens is 1840 g/mol. The molecule has 10 aromatic carbocycles. The maximum Gasteiger partial charge on any atom is 0.188 e. The van der Waals surface area contributed by atoms with Crippen LogP contribution in [0.15, 0.2) is 158 Å². The van der Waals surface area contributed by atoms with E-state index < -0.39 is 0 Å². The standard InChI is InChI=1S/C28H42NO2P.2C25H36NO2P.C22H30NO2P.C21H28NO2P/c1-20-12-13-24(23(16-20)29-14-10-9-11-15-29)32-25-18-21(27(2,3)4)17-22(28(5,6)7)26(25)31-19-30-8;1-18-10-11-22(21(15-18)26-12-8-7-9-13-26)29-23-16-19(2)14-20(25(3,4)5)24(23)28-17-27-6;1-18-10-11-22(21(14-18)26-12-8-7-9-13-26)29-23-16-20(25(3,4)5)15-19(2)24(23)28-17-27-6;1-16-8-9-20(19(13-16)23-10-6-5-7-11-23)26-21-14-17(2)12-18(3)22(21)25-15-24-4;1-16-8-10-20(18(13-16)22-11-5-4-6-12-22)25-21-14-17(2)7-9-19(21)24-15-23-3/h12-13,16-18,32H,9-11,14-15,19H2,1-8H3;2*10-11,14-16,29H,7-9,12-13,17H2,1-6H3;8-9,12-14,26H,5-7,10-11,15H2,1-4H3;7-10,13-14,25H,4-6,11-12,15H2,1-3H3. The third-order valence-electron chi connectivity index (χ3n) is 26.7. The second kappa shape index (κ2) is 54.5. The van der Waals surface area contributed by atoms with Gasteiger partial charge in [0.2, 0.25) is 0 Å². The SMILES string of the molecule is COCOc1c(C)cc(C(C)(C)C)cc1Pc1ccc(C)cc1N1CCCCC1.COCOc1c(C)cc(C)cc1Pc1ccc(C)cc1N1CCCCC1.COCOc1c(Pc2ccc(C)cc2N2CCCCC2)cc(C(C)(C)C)cc1C(C)(C)C.COCOc1c(Pc2ccc(C)cc2N2CCCCC2)cc(C)cc1C(C)(C)C.COCOc1ccc(C)cc1Pc1ccc(C)cc1N1CCCCC1. The van der Waals surface area contributed by atoms with Gasteiger partial charge in [-0.15, -0.1) is 0 Å². The second-order valence-electron chi connectivity index (χ2n) is 43.4. The number of anilines is 5. The lowest BCUT2D eigenvalue weighted by atomic mass is 9.80. The first kappa shape index (κ1) is 113. The fraction of sp³-hybridized carbons (Fsp3) is 0.504. The summed E-state index contributed by atoms with van der Waals surface area (Å²) in [6.07, 6.45) is 19.7. The zero-order chi connectivity index (χ0) is 102. The van der Waals surface area contributed by atoms with Crippen molar-refractivity contribution in [3.63, 3.8) is 0 Å². The first-order chi connectivity index (χ1) is 67.3. The van der Waals surface area contributed by atoms with E-state index in [4.69, 9.17) is 47.4 Å². The van der Waals surface area contributed by atoms with Gasteiger partial charge in [0.05, 0.1) is 0 Å². The summed E-state index contributed by atoms with van der Waals surface area (Å²) >= 11 is 0. The molecule has 5 aliphatic rings. The Bertz CT molecular complexity index is 5580. The van der Waals surface area contributed by atoms with Crippen molar-refractivity contribution in [2.75, 3.05) is 159 Å². The minimum Gasteiger partial charge on any atom is -0.467 e. The van der Waals surface area contributed by atoms with Crippen molar-refractivity contribution in [3.8, 4) is 28.7 Å². The van der Waals surface area contributed by atoms with Crippen molar-refractivity contribution in [3.05, 3.63) is 236 Å². The number of piperidine rings is 5. The Kier molecular flexibility index (Phi) is 43.9. The molecule has 5 saturated heterocycles. The molecule has 0 radical (unpaired) electrons. The Hall–Kier alpha value is -7.85. The van der Waals surface area contributed by atoms with Gasteiger partial charge in [-0.1, -0.05) is 223 Å². The number of aryl methyl sites for hydroxylation is 10. The van der Waals surface area contributed by atoms with Gasteiger partial charge in [-0.2, -0.15) is 0 Å². The van der Waals surface area contributed by atoms with Gasteiger partial charge >= 0.3 is 0 Å². The summed E-state index contributed by atoms with van der Waals surface area (Å²) < 4.78 is 56.2. The largest absolute Gasteiger partial charge is 0.467 e. The van der Waals surface area contributed by atoms with E-state index in [2.05, 4.69) is 335 Å². The monoisotopic (exact) mass is 2010 g/mol. The molecule has 15 rings (SSSR count).